The number of rotatable bonds is 3. The number of aromatic nitrogens is 5. The maximum atomic E-state index is 4.76. The Bertz CT molecular complexity index is 818. The molecule has 3 heterocycles. The van der Waals surface area contributed by atoms with E-state index in [1.54, 1.807) is 0 Å². The van der Waals surface area contributed by atoms with Gasteiger partial charge in [-0.05, 0) is 18.9 Å². The predicted octanol–water partition coefficient (Wildman–Crippen LogP) is 2.09. The molecule has 1 aliphatic heterocycles. The minimum absolute atomic E-state index is 0.641. The van der Waals surface area contributed by atoms with Gasteiger partial charge in [0.15, 0.2) is 5.82 Å². The van der Waals surface area contributed by atoms with Crippen molar-refractivity contribution in [3.63, 3.8) is 0 Å². The number of nitrogens with one attached hydrogen (secondary N) is 1. The number of para-hydroxylation sites is 1. The SMILES string of the molecule is c1ccc2c(CN3CCc4nc(C5CC5)nn4CC3)[nH]nc2c1. The van der Waals surface area contributed by atoms with E-state index in [9.17, 15) is 0 Å². The number of aromatic amines is 1. The fourth-order valence-electron chi connectivity index (χ4n) is 3.39. The normalized spacial score (nSPS) is 19.0. The third-order valence-corrected chi connectivity index (χ3v) is 4.91. The van der Waals surface area contributed by atoms with Crippen LogP contribution in [0, 0.1) is 0 Å². The van der Waals surface area contributed by atoms with Gasteiger partial charge in [0.05, 0.1) is 17.8 Å². The zero-order chi connectivity index (χ0) is 15.2. The van der Waals surface area contributed by atoms with E-state index in [4.69, 9.17) is 10.1 Å². The zero-order valence-corrected chi connectivity index (χ0v) is 13.1. The molecule has 0 spiro atoms. The van der Waals surface area contributed by atoms with Gasteiger partial charge in [-0.15, -0.1) is 0 Å². The highest BCUT2D eigenvalue weighted by atomic mass is 15.4. The Hall–Kier alpha value is -2.21. The van der Waals surface area contributed by atoms with Crippen LogP contribution in [0.5, 0.6) is 0 Å². The van der Waals surface area contributed by atoms with E-state index in [1.807, 2.05) is 6.07 Å². The third-order valence-electron chi connectivity index (χ3n) is 4.91. The van der Waals surface area contributed by atoms with Gasteiger partial charge in [0.1, 0.15) is 5.82 Å². The standard InChI is InChI=1S/C17H20N6/c1-2-4-14-13(3-1)15(20-19-14)11-22-8-7-16-18-17(12-5-6-12)21-23(16)10-9-22/h1-4,12H,5-11H2,(H,19,20). The Labute approximate surface area is 134 Å². The molecule has 0 bridgehead atoms. The molecule has 2 aliphatic rings. The van der Waals surface area contributed by atoms with Crippen LogP contribution in [0.3, 0.4) is 0 Å². The molecule has 1 saturated carbocycles. The Morgan fingerprint density at radius 2 is 2.04 bits per heavy atom. The highest BCUT2D eigenvalue weighted by Gasteiger charge is 2.29. The lowest BCUT2D eigenvalue weighted by Crippen LogP contribution is -2.27. The third kappa shape index (κ3) is 2.43. The second-order valence-corrected chi connectivity index (χ2v) is 6.63. The second-order valence-electron chi connectivity index (χ2n) is 6.63. The van der Waals surface area contributed by atoms with Crippen molar-refractivity contribution in [2.75, 3.05) is 13.1 Å². The minimum atomic E-state index is 0.641. The van der Waals surface area contributed by atoms with Gasteiger partial charge in [-0.2, -0.15) is 10.2 Å². The summed E-state index contributed by atoms with van der Waals surface area (Å²) in [5.41, 5.74) is 2.24. The molecule has 6 nitrogen and oxygen atoms in total. The lowest BCUT2D eigenvalue weighted by atomic mass is 10.2. The molecule has 0 unspecified atom stereocenters. The molecule has 6 heteroatoms. The first-order valence-corrected chi connectivity index (χ1v) is 8.45. The fourth-order valence-corrected chi connectivity index (χ4v) is 3.39. The maximum absolute atomic E-state index is 4.76. The first-order valence-electron chi connectivity index (χ1n) is 8.45. The van der Waals surface area contributed by atoms with Crippen LogP contribution in [0.1, 0.15) is 36.1 Å². The van der Waals surface area contributed by atoms with E-state index < -0.39 is 0 Å². The summed E-state index contributed by atoms with van der Waals surface area (Å²) in [6, 6.07) is 8.29. The minimum Gasteiger partial charge on any atom is -0.295 e. The van der Waals surface area contributed by atoms with E-state index in [0.717, 1.165) is 49.8 Å². The van der Waals surface area contributed by atoms with Gasteiger partial charge in [-0.3, -0.25) is 10.00 Å². The van der Waals surface area contributed by atoms with Crippen LogP contribution in [0.15, 0.2) is 24.3 Å². The average molecular weight is 308 g/mol. The van der Waals surface area contributed by atoms with Crippen molar-refractivity contribution in [3.8, 4) is 0 Å². The number of H-pyrrole nitrogens is 1. The number of hydrogen-bond donors (Lipinski definition) is 1. The molecule has 5 rings (SSSR count). The van der Waals surface area contributed by atoms with Crippen LogP contribution in [0.4, 0.5) is 0 Å². The molecular formula is C17H20N6. The zero-order valence-electron chi connectivity index (χ0n) is 13.1. The summed E-state index contributed by atoms with van der Waals surface area (Å²) >= 11 is 0. The summed E-state index contributed by atoms with van der Waals surface area (Å²) in [7, 11) is 0. The van der Waals surface area contributed by atoms with Crippen LogP contribution in [-0.2, 0) is 19.5 Å². The summed E-state index contributed by atoms with van der Waals surface area (Å²) in [4.78, 5) is 7.22. The summed E-state index contributed by atoms with van der Waals surface area (Å²) < 4.78 is 2.12. The topological polar surface area (TPSA) is 62.6 Å². The fraction of sp³-hybridized carbons (Fsp3) is 0.471. The maximum Gasteiger partial charge on any atom is 0.154 e. The van der Waals surface area contributed by atoms with Gasteiger partial charge in [0.2, 0.25) is 0 Å². The summed E-state index contributed by atoms with van der Waals surface area (Å²) in [6.07, 6.45) is 3.51. The quantitative estimate of drug-likeness (QED) is 0.805. The predicted molar refractivity (Wildman–Crippen MR) is 87.1 cm³/mol. The Morgan fingerprint density at radius 1 is 1.13 bits per heavy atom. The number of hydrogen-bond acceptors (Lipinski definition) is 4. The molecule has 0 saturated heterocycles. The molecule has 0 amide bonds. The van der Waals surface area contributed by atoms with E-state index >= 15 is 0 Å². The molecule has 1 aliphatic carbocycles. The number of fused-ring (bicyclic) bond motifs is 2. The van der Waals surface area contributed by atoms with Crippen molar-refractivity contribution in [1.82, 2.24) is 29.9 Å². The van der Waals surface area contributed by atoms with Gasteiger partial charge in [0.25, 0.3) is 0 Å². The van der Waals surface area contributed by atoms with E-state index in [1.165, 1.54) is 23.9 Å². The van der Waals surface area contributed by atoms with E-state index in [2.05, 4.69) is 38.0 Å². The lowest BCUT2D eigenvalue weighted by Gasteiger charge is -2.18. The molecule has 1 N–H and O–H groups in total. The average Bonchev–Trinajstić information content (AvgIpc) is 3.28. The molecule has 118 valence electrons. The van der Waals surface area contributed by atoms with Gasteiger partial charge in [-0.1, -0.05) is 18.2 Å². The largest absolute Gasteiger partial charge is 0.295 e. The molecule has 23 heavy (non-hydrogen) atoms. The van der Waals surface area contributed by atoms with Crippen molar-refractivity contribution in [1.29, 1.82) is 0 Å². The smallest absolute Gasteiger partial charge is 0.154 e. The summed E-state index contributed by atoms with van der Waals surface area (Å²) in [5.74, 6) is 2.87. The molecule has 3 aromatic rings. The molecule has 1 aromatic carbocycles. The van der Waals surface area contributed by atoms with Crippen LogP contribution >= 0.6 is 0 Å². The van der Waals surface area contributed by atoms with Gasteiger partial charge >= 0.3 is 0 Å². The molecule has 2 aromatic heterocycles. The highest BCUT2D eigenvalue weighted by Crippen LogP contribution is 2.38. The number of nitrogens with zero attached hydrogens (tertiary/aromatic N) is 5. The van der Waals surface area contributed by atoms with Crippen LogP contribution in [-0.4, -0.2) is 43.0 Å². The van der Waals surface area contributed by atoms with E-state index in [0.29, 0.717) is 5.92 Å². The van der Waals surface area contributed by atoms with Crippen LogP contribution < -0.4 is 0 Å². The Balaban J connectivity index is 1.32. The van der Waals surface area contributed by atoms with Crippen molar-refractivity contribution < 1.29 is 0 Å². The Morgan fingerprint density at radius 3 is 2.96 bits per heavy atom. The molecule has 1 fully saturated rings. The monoisotopic (exact) mass is 308 g/mol. The summed E-state index contributed by atoms with van der Waals surface area (Å²) in [5, 5.41) is 13.5. The number of benzene rings is 1. The Kier molecular flexibility index (Phi) is 2.97. The first-order chi connectivity index (χ1) is 11.4. The van der Waals surface area contributed by atoms with Gasteiger partial charge < -0.3 is 0 Å². The lowest BCUT2D eigenvalue weighted by molar-refractivity contribution is 0.266. The summed E-state index contributed by atoms with van der Waals surface area (Å²) in [6.45, 7) is 3.87. The van der Waals surface area contributed by atoms with Crippen molar-refractivity contribution in [3.05, 3.63) is 41.6 Å². The molecule has 0 atom stereocenters. The van der Waals surface area contributed by atoms with Crippen LogP contribution in [0.2, 0.25) is 0 Å². The second kappa shape index (κ2) is 5.16. The van der Waals surface area contributed by atoms with Gasteiger partial charge in [0, 0.05) is 37.4 Å². The molecular weight excluding hydrogens is 288 g/mol. The van der Waals surface area contributed by atoms with Crippen molar-refractivity contribution in [2.24, 2.45) is 0 Å². The molecule has 0 radical (unpaired) electrons. The van der Waals surface area contributed by atoms with Gasteiger partial charge in [-0.25, -0.2) is 9.67 Å². The van der Waals surface area contributed by atoms with Crippen LogP contribution in [0.25, 0.3) is 10.9 Å². The highest BCUT2D eigenvalue weighted by molar-refractivity contribution is 5.81. The van der Waals surface area contributed by atoms with E-state index in [-0.39, 0.29) is 0 Å². The first kappa shape index (κ1) is 13.2. The van der Waals surface area contributed by atoms with Crippen molar-refractivity contribution in [2.45, 2.75) is 38.3 Å². The van der Waals surface area contributed by atoms with Crippen molar-refractivity contribution >= 4 is 10.9 Å².